The van der Waals surface area contributed by atoms with Crippen molar-refractivity contribution in [1.82, 2.24) is 4.90 Å². The quantitative estimate of drug-likeness (QED) is 0.334. The van der Waals surface area contributed by atoms with E-state index in [1.807, 2.05) is 0 Å². The molecule has 0 aromatic rings. The fourth-order valence-corrected chi connectivity index (χ4v) is 2.46. The fraction of sp³-hybridized carbons (Fsp3) is 0.867. The van der Waals surface area contributed by atoms with E-state index in [0.717, 1.165) is 7.11 Å². The molecule has 1 amide bonds. The molecule has 1 fully saturated rings. The molecule has 1 aliphatic heterocycles. The highest BCUT2D eigenvalue weighted by atomic mass is 19.4. The molecule has 0 radical (unpaired) electrons. The van der Waals surface area contributed by atoms with Crippen LogP contribution in [0.2, 0.25) is 0 Å². The number of esters is 1. The number of alkyl halides is 4. The molecular formula is C15H23F4NO6. The number of carbonyl (C=O) groups is 2. The van der Waals surface area contributed by atoms with Crippen LogP contribution in [0.5, 0.6) is 0 Å². The minimum atomic E-state index is -5.08. The van der Waals surface area contributed by atoms with E-state index in [0.29, 0.717) is 11.8 Å². The molecule has 26 heavy (non-hydrogen) atoms. The van der Waals surface area contributed by atoms with Crippen LogP contribution in [0.4, 0.5) is 17.6 Å². The number of rotatable bonds is 9. The van der Waals surface area contributed by atoms with Crippen molar-refractivity contribution in [3.63, 3.8) is 0 Å². The Kier molecular flexibility index (Phi) is 8.22. The number of ether oxygens (including phenoxy) is 4. The first-order valence-corrected chi connectivity index (χ1v) is 7.88. The molecule has 11 heteroatoms. The largest absolute Gasteiger partial charge is 0.467 e. The third kappa shape index (κ3) is 5.27. The van der Waals surface area contributed by atoms with Gasteiger partial charge in [-0.1, -0.05) is 0 Å². The molecule has 7 nitrogen and oxygen atoms in total. The maximum absolute atomic E-state index is 13.6. The van der Waals surface area contributed by atoms with Crippen molar-refractivity contribution >= 4 is 11.9 Å². The fourth-order valence-electron chi connectivity index (χ4n) is 2.46. The third-order valence-electron chi connectivity index (χ3n) is 3.98. The number of carbonyl (C=O) groups excluding carboxylic acids is 2. The van der Waals surface area contributed by atoms with Gasteiger partial charge >= 0.3 is 12.1 Å². The smallest absolute Gasteiger partial charge is 0.426 e. The zero-order valence-electron chi connectivity index (χ0n) is 14.8. The molecule has 0 bridgehead atoms. The minimum Gasteiger partial charge on any atom is -0.467 e. The molecule has 152 valence electrons. The lowest BCUT2D eigenvalue weighted by atomic mass is 10.0. The predicted molar refractivity (Wildman–Crippen MR) is 80.1 cm³/mol. The topological polar surface area (TPSA) is 74.3 Å². The van der Waals surface area contributed by atoms with Crippen LogP contribution in [0.15, 0.2) is 0 Å². The second-order valence-corrected chi connectivity index (χ2v) is 5.81. The van der Waals surface area contributed by atoms with E-state index in [1.165, 1.54) is 7.11 Å². The molecule has 0 aromatic heterocycles. The Labute approximate surface area is 148 Å². The first kappa shape index (κ1) is 22.6. The van der Waals surface area contributed by atoms with Gasteiger partial charge in [0.1, 0.15) is 12.2 Å². The van der Waals surface area contributed by atoms with Crippen LogP contribution in [-0.4, -0.2) is 88.0 Å². The van der Waals surface area contributed by atoms with Crippen LogP contribution in [0.25, 0.3) is 0 Å². The van der Waals surface area contributed by atoms with Crippen LogP contribution in [0.1, 0.15) is 13.3 Å². The molecule has 0 aliphatic carbocycles. The van der Waals surface area contributed by atoms with Gasteiger partial charge in [0, 0.05) is 13.5 Å². The minimum absolute atomic E-state index is 0.149. The van der Waals surface area contributed by atoms with Gasteiger partial charge in [-0.15, -0.1) is 0 Å². The van der Waals surface area contributed by atoms with Gasteiger partial charge in [-0.2, -0.15) is 13.2 Å². The van der Waals surface area contributed by atoms with E-state index in [4.69, 9.17) is 14.2 Å². The van der Waals surface area contributed by atoms with Gasteiger partial charge < -0.3 is 23.8 Å². The Morgan fingerprint density at radius 2 is 1.73 bits per heavy atom. The van der Waals surface area contributed by atoms with E-state index in [9.17, 15) is 27.2 Å². The highest BCUT2D eigenvalue weighted by Crippen LogP contribution is 2.37. The highest BCUT2D eigenvalue weighted by Gasteiger charge is 2.61. The summed E-state index contributed by atoms with van der Waals surface area (Å²) in [4.78, 5) is 24.7. The summed E-state index contributed by atoms with van der Waals surface area (Å²) in [6.45, 7) is -0.420. The summed E-state index contributed by atoms with van der Waals surface area (Å²) >= 11 is 0. The number of amides is 1. The molecule has 0 aromatic carbocycles. The van der Waals surface area contributed by atoms with Crippen molar-refractivity contribution in [3.8, 4) is 0 Å². The predicted octanol–water partition coefficient (Wildman–Crippen LogP) is 1.10. The monoisotopic (exact) mass is 389 g/mol. The van der Waals surface area contributed by atoms with E-state index in [2.05, 4.69) is 4.74 Å². The van der Waals surface area contributed by atoms with Gasteiger partial charge in [-0.05, 0) is 6.92 Å². The van der Waals surface area contributed by atoms with Gasteiger partial charge in [-0.3, -0.25) is 4.79 Å². The summed E-state index contributed by atoms with van der Waals surface area (Å²) in [6.07, 6.45) is -7.13. The Balaban J connectivity index is 2.86. The molecule has 1 rings (SSSR count). The molecule has 0 spiro atoms. The molecule has 0 saturated carbocycles. The van der Waals surface area contributed by atoms with Crippen LogP contribution in [0.3, 0.4) is 0 Å². The van der Waals surface area contributed by atoms with Gasteiger partial charge in [-0.25, -0.2) is 9.18 Å². The van der Waals surface area contributed by atoms with Crippen molar-refractivity contribution in [1.29, 1.82) is 0 Å². The van der Waals surface area contributed by atoms with Gasteiger partial charge in [0.15, 0.2) is 0 Å². The summed E-state index contributed by atoms with van der Waals surface area (Å²) in [5.41, 5.74) is -3.24. The van der Waals surface area contributed by atoms with E-state index >= 15 is 0 Å². The maximum atomic E-state index is 13.6. The van der Waals surface area contributed by atoms with Crippen molar-refractivity contribution in [3.05, 3.63) is 0 Å². The number of hydrogen-bond donors (Lipinski definition) is 0. The molecule has 1 heterocycles. The number of hydrogen-bond acceptors (Lipinski definition) is 6. The Bertz CT molecular complexity index is 489. The van der Waals surface area contributed by atoms with Crippen LogP contribution < -0.4 is 0 Å². The summed E-state index contributed by atoms with van der Waals surface area (Å²) in [5, 5.41) is 0. The molecule has 1 aliphatic rings. The lowest BCUT2D eigenvalue weighted by molar-refractivity contribution is -0.268. The van der Waals surface area contributed by atoms with Crippen LogP contribution >= 0.6 is 0 Å². The van der Waals surface area contributed by atoms with Gasteiger partial charge in [0.05, 0.1) is 40.1 Å². The summed E-state index contributed by atoms with van der Waals surface area (Å²) in [6, 6.07) is -1.43. The lowest BCUT2D eigenvalue weighted by Gasteiger charge is -2.35. The van der Waals surface area contributed by atoms with Crippen molar-refractivity contribution in [2.45, 2.75) is 37.3 Å². The number of likely N-dealkylation sites (tertiary alicyclic amines) is 1. The Hall–Kier alpha value is -1.46. The Morgan fingerprint density at radius 3 is 2.27 bits per heavy atom. The average Bonchev–Trinajstić information content (AvgIpc) is 2.97. The summed E-state index contributed by atoms with van der Waals surface area (Å²) in [7, 11) is 2.44. The zero-order valence-corrected chi connectivity index (χ0v) is 14.8. The third-order valence-corrected chi connectivity index (χ3v) is 3.98. The second kappa shape index (κ2) is 9.47. The molecule has 1 saturated heterocycles. The highest BCUT2D eigenvalue weighted by molar-refractivity contribution is 5.91. The van der Waals surface area contributed by atoms with Crippen molar-refractivity contribution < 1.29 is 46.1 Å². The number of methoxy groups -OCH3 is 2. The zero-order chi connectivity index (χ0) is 20.0. The SMILES string of the molecule is COCCOCCO[C@](C)(C(=O)N1C[C@H](F)C[C@H]1C(=O)OC)C(F)(F)F. The van der Waals surface area contributed by atoms with E-state index < -0.39 is 55.4 Å². The van der Waals surface area contributed by atoms with Crippen LogP contribution in [0, 0.1) is 0 Å². The van der Waals surface area contributed by atoms with Crippen LogP contribution in [-0.2, 0) is 28.5 Å². The Morgan fingerprint density at radius 1 is 1.12 bits per heavy atom. The first-order chi connectivity index (χ1) is 12.1. The van der Waals surface area contributed by atoms with Gasteiger partial charge in [0.25, 0.3) is 5.91 Å². The molecule has 3 atom stereocenters. The summed E-state index contributed by atoms with van der Waals surface area (Å²) < 4.78 is 73.1. The summed E-state index contributed by atoms with van der Waals surface area (Å²) in [5.74, 6) is -2.52. The second-order valence-electron chi connectivity index (χ2n) is 5.81. The number of halogens is 4. The number of nitrogens with zero attached hydrogens (tertiary/aromatic N) is 1. The van der Waals surface area contributed by atoms with E-state index in [-0.39, 0.29) is 19.8 Å². The molecule has 0 unspecified atom stereocenters. The average molecular weight is 389 g/mol. The van der Waals surface area contributed by atoms with Crippen molar-refractivity contribution in [2.24, 2.45) is 0 Å². The maximum Gasteiger partial charge on any atom is 0.426 e. The van der Waals surface area contributed by atoms with Gasteiger partial charge in [0.2, 0.25) is 5.60 Å². The molecular weight excluding hydrogens is 366 g/mol. The first-order valence-electron chi connectivity index (χ1n) is 7.88. The lowest BCUT2D eigenvalue weighted by Crippen LogP contribution is -2.60. The normalized spacial score (nSPS) is 23.0. The van der Waals surface area contributed by atoms with Crippen molar-refractivity contribution in [2.75, 3.05) is 47.2 Å². The molecule has 0 N–H and O–H groups in total. The standard InChI is InChI=1S/C15H23F4NO6/c1-14(15(17,18)19,26-7-6-25-5-4-23-2)13(22)20-9-10(16)8-11(20)12(21)24-3/h10-11H,4-9H2,1-3H3/t10-,11+,14-/m1/s1. The van der Waals surface area contributed by atoms with E-state index in [1.54, 1.807) is 0 Å².